The quantitative estimate of drug-likeness (QED) is 0.349. The predicted molar refractivity (Wildman–Crippen MR) is 164 cm³/mol. The normalized spacial score (nSPS) is 28.1. The van der Waals surface area contributed by atoms with Crippen molar-refractivity contribution in [2.75, 3.05) is 13.1 Å². The lowest BCUT2D eigenvalue weighted by atomic mass is 10.1. The number of ether oxygens (including phenoxy) is 2. The monoisotopic (exact) mass is 632 g/mol. The van der Waals surface area contributed by atoms with Crippen molar-refractivity contribution in [3.05, 3.63) is 71.4 Å². The van der Waals surface area contributed by atoms with Gasteiger partial charge in [-0.15, -0.1) is 8.97 Å². The van der Waals surface area contributed by atoms with Crippen LogP contribution in [-0.2, 0) is 19.1 Å². The molecule has 6 heterocycles. The minimum Gasteiger partial charge on any atom is -0.465 e. The van der Waals surface area contributed by atoms with Gasteiger partial charge in [0.2, 0.25) is 12.1 Å². The molecule has 6 aliphatic rings. The molecule has 0 radical (unpaired) electrons. The van der Waals surface area contributed by atoms with E-state index in [2.05, 4.69) is 12.1 Å². The fraction of sp³-hybridized carbons (Fsp3) is 0.471. The van der Waals surface area contributed by atoms with Crippen molar-refractivity contribution in [1.29, 1.82) is 0 Å². The maximum Gasteiger partial charge on any atom is 0.408 e. The fourth-order valence-corrected chi connectivity index (χ4v) is 7.23. The van der Waals surface area contributed by atoms with Gasteiger partial charge in [0.15, 0.2) is 34.9 Å². The van der Waals surface area contributed by atoms with Crippen LogP contribution in [0.3, 0.4) is 0 Å². The van der Waals surface area contributed by atoms with Gasteiger partial charge in [-0.1, -0.05) is 0 Å². The zero-order valence-corrected chi connectivity index (χ0v) is 26.9. The molecule has 6 aliphatic heterocycles. The van der Waals surface area contributed by atoms with Gasteiger partial charge in [0.05, 0.1) is 36.5 Å². The number of carbonyl (C=O) groups excluding carboxylic acids is 2. The maximum atomic E-state index is 14.6. The van der Waals surface area contributed by atoms with Crippen LogP contribution in [0.25, 0.3) is 0 Å². The highest BCUT2D eigenvalue weighted by Crippen LogP contribution is 2.44. The lowest BCUT2D eigenvalue weighted by Gasteiger charge is -2.30. The summed E-state index contributed by atoms with van der Waals surface area (Å²) < 4.78 is 11.0. The number of allylic oxidation sites excluding steroid dienone is 8. The summed E-state index contributed by atoms with van der Waals surface area (Å²) in [5, 5.41) is 20.2. The summed E-state index contributed by atoms with van der Waals surface area (Å²) in [5.74, 6) is -0.927. The first-order valence-corrected chi connectivity index (χ1v) is 15.4. The topological polar surface area (TPSA) is 134 Å². The van der Waals surface area contributed by atoms with E-state index >= 15 is 0 Å². The second-order valence-electron chi connectivity index (χ2n) is 14.4. The number of rotatable bonds is 4. The first-order chi connectivity index (χ1) is 21.5. The number of amides is 4. The maximum absolute atomic E-state index is 14.6. The molecule has 0 saturated carbocycles. The molecular weight excluding hydrogens is 592 g/mol. The molecule has 2 fully saturated rings. The Kier molecular flexibility index (Phi) is 7.33. The second-order valence-corrected chi connectivity index (χ2v) is 14.4. The molecule has 0 spiro atoms. The Bertz CT molecular complexity index is 1510. The van der Waals surface area contributed by atoms with E-state index in [4.69, 9.17) is 9.47 Å². The molecule has 2 saturated heterocycles. The van der Waals surface area contributed by atoms with Crippen LogP contribution in [0.15, 0.2) is 71.4 Å². The zero-order chi connectivity index (χ0) is 33.4. The Morgan fingerprint density at radius 1 is 0.652 bits per heavy atom. The summed E-state index contributed by atoms with van der Waals surface area (Å²) in [6, 6.07) is 4.20. The smallest absolute Gasteiger partial charge is 0.408 e. The second kappa shape index (κ2) is 10.6. The highest BCUT2D eigenvalue weighted by atomic mass is 16.5. The number of hydrogen-bond donors (Lipinski definition) is 2. The lowest BCUT2D eigenvalue weighted by Crippen LogP contribution is -2.55. The molecule has 6 rings (SSSR count). The Morgan fingerprint density at radius 3 is 1.20 bits per heavy atom. The van der Waals surface area contributed by atoms with Crippen molar-refractivity contribution in [3.8, 4) is 12.1 Å². The van der Waals surface area contributed by atoms with Gasteiger partial charge in [-0.25, -0.2) is 19.2 Å². The number of carboxylic acid groups (broad SMARTS) is 2. The average Bonchev–Trinajstić information content (AvgIpc) is 3.80. The lowest BCUT2D eigenvalue weighted by molar-refractivity contribution is -0.712. The largest absolute Gasteiger partial charge is 0.465 e. The highest BCUT2D eigenvalue weighted by molar-refractivity contribution is 5.87. The Labute approximate surface area is 268 Å². The predicted octanol–water partition coefficient (Wildman–Crippen LogP) is 4.17. The van der Waals surface area contributed by atoms with Crippen LogP contribution in [0, 0.1) is 12.1 Å². The third kappa shape index (κ3) is 5.04. The summed E-state index contributed by atoms with van der Waals surface area (Å²) in [4.78, 5) is 56.2. The van der Waals surface area contributed by atoms with E-state index in [0.717, 1.165) is 9.80 Å². The highest BCUT2D eigenvalue weighted by Gasteiger charge is 2.60. The van der Waals surface area contributed by atoms with Crippen molar-refractivity contribution in [3.63, 3.8) is 0 Å². The molecule has 0 aromatic heterocycles. The van der Waals surface area contributed by atoms with Crippen molar-refractivity contribution in [1.82, 2.24) is 9.80 Å². The summed E-state index contributed by atoms with van der Waals surface area (Å²) in [7, 11) is 0. The Morgan fingerprint density at radius 2 is 0.957 bits per heavy atom. The minimum atomic E-state index is -1.23. The summed E-state index contributed by atoms with van der Waals surface area (Å²) in [5.41, 5.74) is 1.07. The first-order valence-electron chi connectivity index (χ1n) is 15.4. The molecular formula is C34H40N4O8+2. The molecule has 12 nitrogen and oxygen atoms in total. The average molecular weight is 633 g/mol. The van der Waals surface area contributed by atoms with Gasteiger partial charge in [-0.3, -0.25) is 9.80 Å². The van der Waals surface area contributed by atoms with Crippen molar-refractivity contribution >= 4 is 24.0 Å². The number of quaternary nitrogens is 2. The van der Waals surface area contributed by atoms with Crippen LogP contribution >= 0.6 is 0 Å². The molecule has 0 aromatic carbocycles. The van der Waals surface area contributed by atoms with Crippen LogP contribution in [0.1, 0.15) is 54.4 Å². The number of carbonyl (C=O) groups is 4. The molecule has 2 N–H and O–H groups in total. The minimum absolute atomic E-state index is 0.0364. The molecule has 0 unspecified atom stereocenters. The number of nitrogens with zero attached hydrogens (tertiary/aromatic N) is 4. The van der Waals surface area contributed by atoms with Gasteiger partial charge in [0, 0.05) is 61.4 Å². The van der Waals surface area contributed by atoms with Crippen LogP contribution < -0.4 is 0 Å². The molecule has 242 valence electrons. The number of fused-ring (bicyclic) bond motifs is 4. The van der Waals surface area contributed by atoms with Crippen molar-refractivity contribution in [2.24, 2.45) is 0 Å². The van der Waals surface area contributed by atoms with Gasteiger partial charge in [0.25, 0.3) is 0 Å². The standard InChI is InChI=1S/C34H38N4O8/c1-33(2,3)45-25-17-27(35(19-25)31(41)42)29(39)37(21-7-8-22(37)10-9-21)15-16-38(23-11-12-24(38)14-13-23)30(40)28-18-26(46-34(4,5)6)20-36(28)32(43)44/h7-14,25-28H,17-20H2,1-6H3/p+2/t25-,26-,27+,28+/m1/s1. The van der Waals surface area contributed by atoms with Crippen molar-refractivity contribution < 1.29 is 47.8 Å². The molecule has 4 atom stereocenters. The molecule has 46 heavy (non-hydrogen) atoms. The van der Waals surface area contributed by atoms with Crippen LogP contribution in [0.2, 0.25) is 0 Å². The number of likely N-dealkylation sites (tertiary alicyclic amines) is 2. The molecule has 12 heteroatoms. The first kappa shape index (κ1) is 31.7. The van der Waals surface area contributed by atoms with Gasteiger partial charge >= 0.3 is 24.0 Å². The molecule has 0 aliphatic carbocycles. The molecule has 4 bridgehead atoms. The Balaban J connectivity index is 1.40. The van der Waals surface area contributed by atoms with E-state index in [-0.39, 0.29) is 25.9 Å². The summed E-state index contributed by atoms with van der Waals surface area (Å²) in [6.07, 6.45) is 11.0. The van der Waals surface area contributed by atoms with Crippen LogP contribution in [0.4, 0.5) is 9.59 Å². The van der Waals surface area contributed by atoms with Crippen LogP contribution in [-0.4, -0.2) is 102 Å². The Hall–Kier alpha value is -4.28. The van der Waals surface area contributed by atoms with E-state index in [1.807, 2.05) is 41.5 Å². The van der Waals surface area contributed by atoms with Gasteiger partial charge < -0.3 is 19.7 Å². The molecule has 0 aromatic rings. The SMILES string of the molecule is CC(C)(C)O[C@@H]1C[C@@H](C(=O)[N+]2(C#C[N+]3(C(=O)[C@@H]4C[C@@H](OC(C)(C)C)CN4C(=O)O)C4=CC=C3C=C4)C3=CC=C2C=C3)N(C(=O)O)C1. The molecule has 4 amide bonds. The third-order valence-corrected chi connectivity index (χ3v) is 8.92. The summed E-state index contributed by atoms with van der Waals surface area (Å²) in [6.45, 7) is 11.3. The van der Waals surface area contributed by atoms with Gasteiger partial charge in [0.1, 0.15) is 0 Å². The van der Waals surface area contributed by atoms with E-state index < -0.39 is 68.5 Å². The number of hydrogen-bond acceptors (Lipinski definition) is 6. The zero-order valence-electron chi connectivity index (χ0n) is 26.9. The fourth-order valence-electron chi connectivity index (χ4n) is 7.23. The van der Waals surface area contributed by atoms with Gasteiger partial charge in [-0.2, -0.15) is 0 Å². The summed E-state index contributed by atoms with van der Waals surface area (Å²) >= 11 is 0. The van der Waals surface area contributed by atoms with Gasteiger partial charge in [-0.05, 0) is 41.5 Å². The van der Waals surface area contributed by atoms with Crippen molar-refractivity contribution in [2.45, 2.75) is 89.9 Å². The van der Waals surface area contributed by atoms with E-state index in [1.54, 1.807) is 48.6 Å². The third-order valence-electron chi connectivity index (χ3n) is 8.92. The van der Waals surface area contributed by atoms with E-state index in [0.29, 0.717) is 22.8 Å². The van der Waals surface area contributed by atoms with Crippen LogP contribution in [0.5, 0.6) is 0 Å². The van der Waals surface area contributed by atoms with E-state index in [1.165, 1.54) is 0 Å². The van der Waals surface area contributed by atoms with E-state index in [9.17, 15) is 29.4 Å².